The molecule has 1 unspecified atom stereocenters. The van der Waals surface area contributed by atoms with E-state index in [0.29, 0.717) is 5.15 Å². The molecule has 0 radical (unpaired) electrons. The van der Waals surface area contributed by atoms with E-state index in [4.69, 9.17) is 11.6 Å². The van der Waals surface area contributed by atoms with E-state index in [0.717, 1.165) is 15.7 Å². The maximum Gasteiger partial charge on any atom is 0.152 e. The summed E-state index contributed by atoms with van der Waals surface area (Å²) in [4.78, 5) is 4.04. The molecule has 0 aliphatic heterocycles. The molecule has 0 aliphatic rings. The van der Waals surface area contributed by atoms with Crippen LogP contribution in [0.2, 0.25) is 5.15 Å². The van der Waals surface area contributed by atoms with Gasteiger partial charge in [-0.2, -0.15) is 0 Å². The largest absolute Gasteiger partial charge is 0.508 e. The van der Waals surface area contributed by atoms with Crippen molar-refractivity contribution >= 4 is 33.2 Å². The van der Waals surface area contributed by atoms with Crippen molar-refractivity contribution in [3.05, 3.63) is 51.7 Å². The van der Waals surface area contributed by atoms with Gasteiger partial charge in [0.1, 0.15) is 5.75 Å². The van der Waals surface area contributed by atoms with Crippen molar-refractivity contribution in [2.24, 2.45) is 0 Å². The van der Waals surface area contributed by atoms with E-state index in [1.54, 1.807) is 18.3 Å². The summed E-state index contributed by atoms with van der Waals surface area (Å²) in [6, 6.07) is 8.99. The van der Waals surface area contributed by atoms with Gasteiger partial charge < -0.3 is 10.4 Å². The van der Waals surface area contributed by atoms with Crippen LogP contribution in [0.5, 0.6) is 5.75 Å². The minimum Gasteiger partial charge on any atom is -0.508 e. The highest BCUT2D eigenvalue weighted by Gasteiger charge is 2.11. The zero-order valence-corrected chi connectivity index (χ0v) is 12.0. The second-order valence-electron chi connectivity index (χ2n) is 3.92. The number of nitrogens with zero attached hydrogens (tertiary/aromatic N) is 1. The molecule has 5 heteroatoms. The lowest BCUT2D eigenvalue weighted by molar-refractivity contribution is 0.465. The van der Waals surface area contributed by atoms with E-state index in [1.807, 2.05) is 25.1 Å². The number of aromatic hydroxyl groups is 1. The number of hydrogen-bond donors (Lipinski definition) is 2. The van der Waals surface area contributed by atoms with Crippen molar-refractivity contribution in [1.82, 2.24) is 4.98 Å². The van der Waals surface area contributed by atoms with E-state index in [9.17, 15) is 5.11 Å². The third-order valence-electron chi connectivity index (χ3n) is 2.58. The molecule has 1 aromatic heterocycles. The first-order valence-corrected chi connectivity index (χ1v) is 6.60. The molecule has 0 bridgehead atoms. The number of anilines is 1. The second kappa shape index (κ2) is 5.59. The molecule has 0 spiro atoms. The fourth-order valence-corrected chi connectivity index (χ4v) is 2.18. The van der Waals surface area contributed by atoms with Crippen molar-refractivity contribution in [3.8, 4) is 5.75 Å². The summed E-state index contributed by atoms with van der Waals surface area (Å²) in [7, 11) is 0. The Morgan fingerprint density at radius 1 is 1.39 bits per heavy atom. The van der Waals surface area contributed by atoms with Crippen LogP contribution < -0.4 is 5.32 Å². The summed E-state index contributed by atoms with van der Waals surface area (Å²) in [5, 5.41) is 13.4. The van der Waals surface area contributed by atoms with Gasteiger partial charge in [0.15, 0.2) is 5.15 Å². The standard InChI is InChI=1S/C13H12BrClN2O/c1-8(10-4-2-3-5-12(10)18)17-11-6-9(14)7-16-13(11)15/h2-8,17-18H,1H3. The Bertz CT molecular complexity index is 562. The highest BCUT2D eigenvalue weighted by atomic mass is 79.9. The molecule has 2 rings (SSSR count). The molecule has 0 saturated carbocycles. The highest BCUT2D eigenvalue weighted by Crippen LogP contribution is 2.30. The van der Waals surface area contributed by atoms with Gasteiger partial charge in [0.05, 0.1) is 11.7 Å². The molecule has 0 saturated heterocycles. The molecule has 1 aromatic carbocycles. The van der Waals surface area contributed by atoms with Crippen molar-refractivity contribution in [1.29, 1.82) is 0 Å². The average Bonchev–Trinajstić information content (AvgIpc) is 2.34. The lowest BCUT2D eigenvalue weighted by atomic mass is 10.1. The Hall–Kier alpha value is -1.26. The van der Waals surface area contributed by atoms with Crippen molar-refractivity contribution in [3.63, 3.8) is 0 Å². The quantitative estimate of drug-likeness (QED) is 0.823. The van der Waals surface area contributed by atoms with Gasteiger partial charge in [0.25, 0.3) is 0 Å². The fourth-order valence-electron chi connectivity index (χ4n) is 1.69. The Kier molecular flexibility index (Phi) is 4.09. The highest BCUT2D eigenvalue weighted by molar-refractivity contribution is 9.10. The van der Waals surface area contributed by atoms with E-state index < -0.39 is 0 Å². The summed E-state index contributed by atoms with van der Waals surface area (Å²) in [5.41, 5.74) is 1.54. The summed E-state index contributed by atoms with van der Waals surface area (Å²) in [6.07, 6.45) is 1.64. The summed E-state index contributed by atoms with van der Waals surface area (Å²) < 4.78 is 0.846. The molecule has 0 fully saturated rings. The van der Waals surface area contributed by atoms with Crippen LogP contribution in [-0.4, -0.2) is 10.1 Å². The zero-order chi connectivity index (χ0) is 13.1. The molecule has 1 atom stereocenters. The summed E-state index contributed by atoms with van der Waals surface area (Å²) in [6.45, 7) is 1.95. The summed E-state index contributed by atoms with van der Waals surface area (Å²) in [5.74, 6) is 0.261. The maximum absolute atomic E-state index is 9.78. The monoisotopic (exact) mass is 326 g/mol. The molecular formula is C13H12BrClN2O. The first-order chi connectivity index (χ1) is 8.58. The van der Waals surface area contributed by atoms with Gasteiger partial charge >= 0.3 is 0 Å². The SMILES string of the molecule is CC(Nc1cc(Br)cnc1Cl)c1ccccc1O. The number of phenols is 1. The number of aromatic nitrogens is 1. The smallest absolute Gasteiger partial charge is 0.152 e. The number of para-hydroxylation sites is 1. The number of hydrogen-bond acceptors (Lipinski definition) is 3. The molecule has 94 valence electrons. The minimum absolute atomic E-state index is 0.0696. The van der Waals surface area contributed by atoms with Crippen molar-refractivity contribution in [2.45, 2.75) is 13.0 Å². The van der Waals surface area contributed by atoms with Gasteiger partial charge in [0.2, 0.25) is 0 Å². The van der Waals surface area contributed by atoms with Gasteiger partial charge in [-0.05, 0) is 35.0 Å². The van der Waals surface area contributed by atoms with E-state index in [-0.39, 0.29) is 11.8 Å². The molecule has 0 aliphatic carbocycles. The molecule has 3 nitrogen and oxygen atoms in total. The van der Waals surface area contributed by atoms with Crippen LogP contribution >= 0.6 is 27.5 Å². The topological polar surface area (TPSA) is 45.2 Å². The number of phenolic OH excluding ortho intramolecular Hbond substituents is 1. The van der Waals surface area contributed by atoms with Crippen LogP contribution in [0.15, 0.2) is 41.0 Å². The molecule has 0 amide bonds. The number of halogens is 2. The Morgan fingerprint density at radius 3 is 2.83 bits per heavy atom. The molecular weight excluding hydrogens is 316 g/mol. The Labute approximate surface area is 119 Å². The zero-order valence-electron chi connectivity index (χ0n) is 9.69. The van der Waals surface area contributed by atoms with E-state index in [2.05, 4.69) is 26.2 Å². The van der Waals surface area contributed by atoms with E-state index >= 15 is 0 Å². The van der Waals surface area contributed by atoms with Crippen molar-refractivity contribution in [2.75, 3.05) is 5.32 Å². The lowest BCUT2D eigenvalue weighted by Gasteiger charge is -2.17. The predicted molar refractivity (Wildman–Crippen MR) is 77.1 cm³/mol. The van der Waals surface area contributed by atoms with Crippen LogP contribution in [0, 0.1) is 0 Å². The van der Waals surface area contributed by atoms with E-state index in [1.165, 1.54) is 0 Å². The average molecular weight is 328 g/mol. The number of rotatable bonds is 3. The maximum atomic E-state index is 9.78. The first kappa shape index (κ1) is 13.2. The minimum atomic E-state index is -0.0696. The number of pyridine rings is 1. The Morgan fingerprint density at radius 2 is 2.11 bits per heavy atom. The van der Waals surface area contributed by atoms with Gasteiger partial charge in [-0.25, -0.2) is 4.98 Å². The molecule has 2 aromatic rings. The summed E-state index contributed by atoms with van der Waals surface area (Å²) >= 11 is 9.36. The predicted octanol–water partition coefficient (Wildman–Crippen LogP) is 4.38. The number of nitrogens with one attached hydrogen (secondary N) is 1. The second-order valence-corrected chi connectivity index (χ2v) is 5.19. The molecule has 1 heterocycles. The third kappa shape index (κ3) is 2.94. The molecule has 18 heavy (non-hydrogen) atoms. The molecule has 2 N–H and O–H groups in total. The van der Waals surface area contributed by atoms with Gasteiger partial charge in [-0.3, -0.25) is 0 Å². The van der Waals surface area contributed by atoms with Crippen LogP contribution in [0.3, 0.4) is 0 Å². The van der Waals surface area contributed by atoms with Gasteiger partial charge in [-0.15, -0.1) is 0 Å². The normalized spacial score (nSPS) is 12.2. The Balaban J connectivity index is 2.24. The third-order valence-corrected chi connectivity index (χ3v) is 3.32. The van der Waals surface area contributed by atoms with Crippen LogP contribution in [0.25, 0.3) is 0 Å². The van der Waals surface area contributed by atoms with Gasteiger partial charge in [0, 0.05) is 16.2 Å². The lowest BCUT2D eigenvalue weighted by Crippen LogP contribution is -2.07. The number of benzene rings is 1. The van der Waals surface area contributed by atoms with Gasteiger partial charge in [-0.1, -0.05) is 29.8 Å². The first-order valence-electron chi connectivity index (χ1n) is 5.43. The van der Waals surface area contributed by atoms with Crippen molar-refractivity contribution < 1.29 is 5.11 Å². The van der Waals surface area contributed by atoms with Crippen LogP contribution in [0.4, 0.5) is 5.69 Å². The fraction of sp³-hybridized carbons (Fsp3) is 0.154. The van der Waals surface area contributed by atoms with Crippen LogP contribution in [-0.2, 0) is 0 Å². The van der Waals surface area contributed by atoms with Crippen LogP contribution in [0.1, 0.15) is 18.5 Å².